The number of hydrogen-bond donors (Lipinski definition) is 0. The third-order valence-corrected chi connectivity index (χ3v) is 6.13. The highest BCUT2D eigenvalue weighted by atomic mass is 16.5. The molecule has 0 N–H and O–H groups in total. The molecule has 1 heterocycles. The number of esters is 1. The van der Waals surface area contributed by atoms with Crippen molar-refractivity contribution in [3.05, 3.63) is 108 Å². The van der Waals surface area contributed by atoms with Gasteiger partial charge in [0.15, 0.2) is 0 Å². The van der Waals surface area contributed by atoms with Crippen LogP contribution in [0, 0.1) is 0 Å². The number of likely N-dealkylation sites (N-methyl/N-ethyl adjacent to an activating group) is 1. The lowest BCUT2D eigenvalue weighted by molar-refractivity contribution is -0.137. The van der Waals surface area contributed by atoms with Gasteiger partial charge >= 0.3 is 5.97 Å². The fourth-order valence-corrected chi connectivity index (χ4v) is 4.14. The summed E-state index contributed by atoms with van der Waals surface area (Å²) in [5.41, 5.74) is 3.89. The van der Waals surface area contributed by atoms with Crippen molar-refractivity contribution in [2.24, 2.45) is 0 Å². The second kappa shape index (κ2) is 12.6. The number of benzene rings is 3. The van der Waals surface area contributed by atoms with Gasteiger partial charge in [-0.2, -0.15) is 0 Å². The molecule has 37 heavy (non-hydrogen) atoms. The first-order valence-electron chi connectivity index (χ1n) is 12.5. The molecule has 0 aliphatic carbocycles. The summed E-state index contributed by atoms with van der Waals surface area (Å²) in [6.45, 7) is 3.29. The number of fused-ring (bicyclic) bond motifs is 1. The van der Waals surface area contributed by atoms with E-state index in [4.69, 9.17) is 9.47 Å². The van der Waals surface area contributed by atoms with Crippen LogP contribution in [0.15, 0.2) is 91.1 Å². The van der Waals surface area contributed by atoms with Crippen LogP contribution < -0.4 is 4.74 Å². The highest BCUT2D eigenvalue weighted by molar-refractivity contribution is 5.98. The molecule has 0 bridgehead atoms. The summed E-state index contributed by atoms with van der Waals surface area (Å²) in [6, 6.07) is 25.9. The van der Waals surface area contributed by atoms with Crippen molar-refractivity contribution in [2.45, 2.75) is 26.5 Å². The molecule has 6 nitrogen and oxygen atoms in total. The Labute approximate surface area is 217 Å². The Morgan fingerprint density at radius 1 is 0.919 bits per heavy atom. The number of nitrogens with zero attached hydrogens (tertiary/aromatic N) is 2. The Kier molecular flexibility index (Phi) is 8.76. The van der Waals surface area contributed by atoms with E-state index >= 15 is 0 Å². The van der Waals surface area contributed by atoms with Crippen molar-refractivity contribution < 1.29 is 19.1 Å². The lowest BCUT2D eigenvalue weighted by Gasteiger charge is -2.18. The van der Waals surface area contributed by atoms with Crippen LogP contribution in [0.4, 0.5) is 0 Å². The van der Waals surface area contributed by atoms with E-state index in [1.54, 1.807) is 17.9 Å². The number of ether oxygens (including phenoxy) is 2. The number of aromatic nitrogens is 1. The highest BCUT2D eigenvalue weighted by Gasteiger charge is 2.16. The third-order valence-electron chi connectivity index (χ3n) is 6.13. The summed E-state index contributed by atoms with van der Waals surface area (Å²) in [5, 5.41) is 0.846. The van der Waals surface area contributed by atoms with E-state index in [9.17, 15) is 9.59 Å². The number of carbonyl (C=O) groups is 2. The third kappa shape index (κ3) is 6.88. The molecule has 0 fully saturated rings. The maximum absolute atomic E-state index is 13.1. The number of rotatable bonds is 11. The van der Waals surface area contributed by atoms with Crippen LogP contribution in [-0.2, 0) is 33.9 Å². The zero-order valence-corrected chi connectivity index (χ0v) is 21.3. The first-order valence-corrected chi connectivity index (χ1v) is 12.5. The number of carbonyl (C=O) groups excluding carboxylic acids is 2. The van der Waals surface area contributed by atoms with Gasteiger partial charge < -0.3 is 18.9 Å². The Morgan fingerprint density at radius 3 is 2.32 bits per heavy atom. The van der Waals surface area contributed by atoms with Gasteiger partial charge in [0.1, 0.15) is 18.9 Å². The molecule has 1 aromatic heterocycles. The lowest BCUT2D eigenvalue weighted by Crippen LogP contribution is -2.31. The first kappa shape index (κ1) is 25.8. The van der Waals surface area contributed by atoms with E-state index in [2.05, 4.69) is 12.1 Å². The predicted octanol–water partition coefficient (Wildman–Crippen LogP) is 5.50. The minimum atomic E-state index is -0.414. The van der Waals surface area contributed by atoms with Crippen LogP contribution in [0.25, 0.3) is 17.0 Å². The zero-order chi connectivity index (χ0) is 26.0. The van der Waals surface area contributed by atoms with Crippen molar-refractivity contribution in [3.8, 4) is 5.75 Å². The highest BCUT2D eigenvalue weighted by Crippen LogP contribution is 2.32. The molecule has 0 atom stereocenters. The standard InChI is InChI=1S/C31H32N2O4/c1-3-36-30(35)18-17-26-21-33(22-29(34)32(2)20-19-24-11-6-4-7-12-24)27-15-10-16-28(31(26)27)37-23-25-13-8-5-9-14-25/h4-18,21H,3,19-20,22-23H2,1-2H3/b18-17+. The lowest BCUT2D eigenvalue weighted by atomic mass is 10.1. The van der Waals surface area contributed by atoms with Crippen LogP contribution in [0.5, 0.6) is 5.75 Å². The normalized spacial score (nSPS) is 11.1. The van der Waals surface area contributed by atoms with E-state index in [0.29, 0.717) is 25.5 Å². The van der Waals surface area contributed by atoms with Gasteiger partial charge in [0, 0.05) is 36.8 Å². The summed E-state index contributed by atoms with van der Waals surface area (Å²) < 4.78 is 13.2. The maximum Gasteiger partial charge on any atom is 0.330 e. The van der Waals surface area contributed by atoms with Crippen LogP contribution in [0.2, 0.25) is 0 Å². The van der Waals surface area contributed by atoms with Crippen molar-refractivity contribution in [1.82, 2.24) is 9.47 Å². The topological polar surface area (TPSA) is 60.8 Å². The van der Waals surface area contributed by atoms with Crippen molar-refractivity contribution in [2.75, 3.05) is 20.2 Å². The van der Waals surface area contributed by atoms with E-state index in [1.165, 1.54) is 11.6 Å². The van der Waals surface area contributed by atoms with Crippen molar-refractivity contribution in [3.63, 3.8) is 0 Å². The molecule has 4 rings (SSSR count). The second-order valence-corrected chi connectivity index (χ2v) is 8.77. The molecule has 0 radical (unpaired) electrons. The van der Waals surface area contributed by atoms with Gasteiger partial charge in [-0.05, 0) is 42.7 Å². The minimum absolute atomic E-state index is 0.00404. The van der Waals surface area contributed by atoms with Crippen LogP contribution in [-0.4, -0.2) is 41.5 Å². The summed E-state index contributed by atoms with van der Waals surface area (Å²) in [6.07, 6.45) is 5.80. The summed E-state index contributed by atoms with van der Waals surface area (Å²) in [7, 11) is 1.83. The Morgan fingerprint density at radius 2 is 1.62 bits per heavy atom. The van der Waals surface area contributed by atoms with Gasteiger partial charge in [-0.1, -0.05) is 66.7 Å². The maximum atomic E-state index is 13.1. The molecule has 0 unspecified atom stereocenters. The smallest absolute Gasteiger partial charge is 0.330 e. The zero-order valence-electron chi connectivity index (χ0n) is 21.3. The first-order chi connectivity index (χ1) is 18.0. The van der Waals surface area contributed by atoms with Gasteiger partial charge in [-0.15, -0.1) is 0 Å². The largest absolute Gasteiger partial charge is 0.488 e. The Bertz CT molecular complexity index is 1360. The summed E-state index contributed by atoms with van der Waals surface area (Å²) >= 11 is 0. The molecular formula is C31H32N2O4. The molecule has 3 aromatic carbocycles. The molecule has 1 amide bonds. The molecule has 0 saturated heterocycles. The van der Waals surface area contributed by atoms with Crippen molar-refractivity contribution in [1.29, 1.82) is 0 Å². The molecule has 0 spiro atoms. The van der Waals surface area contributed by atoms with Crippen LogP contribution in [0.1, 0.15) is 23.6 Å². The molecule has 0 aliphatic rings. The van der Waals surface area contributed by atoms with Crippen molar-refractivity contribution >= 4 is 28.9 Å². The van der Waals surface area contributed by atoms with E-state index in [-0.39, 0.29) is 12.5 Å². The Balaban J connectivity index is 1.58. The van der Waals surface area contributed by atoms with Gasteiger partial charge in [0.05, 0.1) is 12.1 Å². The molecule has 0 saturated carbocycles. The number of hydrogen-bond acceptors (Lipinski definition) is 4. The SMILES string of the molecule is CCOC(=O)/C=C/c1cn(CC(=O)N(C)CCc2ccccc2)c2cccc(OCc3ccccc3)c12. The minimum Gasteiger partial charge on any atom is -0.488 e. The van der Waals surface area contributed by atoms with Crippen LogP contribution >= 0.6 is 0 Å². The summed E-state index contributed by atoms with van der Waals surface area (Å²) in [4.78, 5) is 26.9. The molecule has 0 aliphatic heterocycles. The number of amides is 1. The average Bonchev–Trinajstić information content (AvgIpc) is 3.28. The average molecular weight is 497 g/mol. The fraction of sp³-hybridized carbons (Fsp3) is 0.226. The summed E-state index contributed by atoms with van der Waals surface area (Å²) in [5.74, 6) is 0.278. The molecule has 190 valence electrons. The van der Waals surface area contributed by atoms with Gasteiger partial charge in [0.25, 0.3) is 0 Å². The van der Waals surface area contributed by atoms with E-state index in [1.807, 2.05) is 84.5 Å². The van der Waals surface area contributed by atoms with E-state index < -0.39 is 5.97 Å². The fourth-order valence-electron chi connectivity index (χ4n) is 4.14. The van der Waals surface area contributed by atoms with Crippen LogP contribution in [0.3, 0.4) is 0 Å². The van der Waals surface area contributed by atoms with E-state index in [0.717, 1.165) is 28.5 Å². The molecule has 6 heteroatoms. The Hall–Kier alpha value is -4.32. The van der Waals surface area contributed by atoms with Gasteiger partial charge in [-0.25, -0.2) is 4.79 Å². The quantitative estimate of drug-likeness (QED) is 0.203. The monoisotopic (exact) mass is 496 g/mol. The molecule has 4 aromatic rings. The van der Waals surface area contributed by atoms with Gasteiger partial charge in [-0.3, -0.25) is 4.79 Å². The molecular weight excluding hydrogens is 464 g/mol. The van der Waals surface area contributed by atoms with Gasteiger partial charge in [0.2, 0.25) is 5.91 Å². The second-order valence-electron chi connectivity index (χ2n) is 8.77. The predicted molar refractivity (Wildman–Crippen MR) is 146 cm³/mol.